The second-order valence-corrected chi connectivity index (χ2v) is 7.58. The zero-order valence-electron chi connectivity index (χ0n) is 17.9. The first-order valence-corrected chi connectivity index (χ1v) is 10.6. The van der Waals surface area contributed by atoms with Crippen molar-refractivity contribution in [3.8, 4) is 11.5 Å². The molecule has 0 amide bonds. The molecule has 0 fully saturated rings. The summed E-state index contributed by atoms with van der Waals surface area (Å²) in [4.78, 5) is 4.13. The monoisotopic (exact) mass is 439 g/mol. The van der Waals surface area contributed by atoms with Gasteiger partial charge in [0, 0.05) is 48.8 Å². The largest absolute Gasteiger partial charge is 0.493 e. The number of thiocarbonyl (C=S) groups is 1. The van der Waals surface area contributed by atoms with Crippen LogP contribution in [-0.2, 0) is 13.0 Å². The molecule has 0 bridgehead atoms. The van der Waals surface area contributed by atoms with Gasteiger partial charge in [-0.1, -0.05) is 12.1 Å². The van der Waals surface area contributed by atoms with Gasteiger partial charge in [-0.2, -0.15) is 0 Å². The number of nitrogens with zero attached hydrogens (tertiary/aromatic N) is 2. The Bertz CT molecular complexity index is 988. The molecule has 3 rings (SSSR count). The van der Waals surface area contributed by atoms with Crippen LogP contribution in [0.1, 0.15) is 17.7 Å². The SMILES string of the molecule is COc1cc(NC(=S)NCCCn2cncc2C)ccc1OCCc1ccc(N)cc1. The zero-order chi connectivity index (χ0) is 22.1. The molecule has 0 saturated heterocycles. The van der Waals surface area contributed by atoms with Crippen LogP contribution in [0.4, 0.5) is 11.4 Å². The number of benzene rings is 2. The zero-order valence-corrected chi connectivity index (χ0v) is 18.7. The van der Waals surface area contributed by atoms with E-state index in [1.807, 2.05) is 61.9 Å². The summed E-state index contributed by atoms with van der Waals surface area (Å²) in [6.45, 7) is 4.26. The third kappa shape index (κ3) is 6.89. The van der Waals surface area contributed by atoms with E-state index in [-0.39, 0.29) is 0 Å². The first kappa shape index (κ1) is 22.4. The van der Waals surface area contributed by atoms with E-state index < -0.39 is 0 Å². The molecule has 0 aliphatic carbocycles. The highest BCUT2D eigenvalue weighted by Crippen LogP contribution is 2.30. The standard InChI is InChI=1S/C23H29N5O2S/c1-17-15-25-16-28(17)12-3-11-26-23(31)27-20-8-9-21(22(14-20)29-2)30-13-10-18-4-6-19(24)7-5-18/h4-9,14-16H,3,10-13,24H2,1-2H3,(H2,26,27,31). The fraction of sp³-hybridized carbons (Fsp3) is 0.304. The van der Waals surface area contributed by atoms with E-state index in [4.69, 9.17) is 27.4 Å². The van der Waals surface area contributed by atoms with E-state index in [1.54, 1.807) is 7.11 Å². The van der Waals surface area contributed by atoms with Gasteiger partial charge in [-0.3, -0.25) is 0 Å². The number of hydrogen-bond donors (Lipinski definition) is 3. The van der Waals surface area contributed by atoms with Gasteiger partial charge < -0.3 is 30.4 Å². The van der Waals surface area contributed by atoms with Crippen molar-refractivity contribution in [1.82, 2.24) is 14.9 Å². The van der Waals surface area contributed by atoms with E-state index in [0.717, 1.165) is 43.0 Å². The Balaban J connectivity index is 1.44. The summed E-state index contributed by atoms with van der Waals surface area (Å²) in [7, 11) is 1.63. The molecule has 1 heterocycles. The van der Waals surface area contributed by atoms with E-state index in [0.29, 0.717) is 23.2 Å². The van der Waals surface area contributed by atoms with Crippen molar-refractivity contribution in [2.75, 3.05) is 31.3 Å². The van der Waals surface area contributed by atoms with Crippen LogP contribution in [0.25, 0.3) is 0 Å². The predicted octanol–water partition coefficient (Wildman–Crippen LogP) is 3.78. The smallest absolute Gasteiger partial charge is 0.170 e. The second-order valence-electron chi connectivity index (χ2n) is 7.17. The van der Waals surface area contributed by atoms with Crippen LogP contribution in [0.5, 0.6) is 11.5 Å². The molecule has 0 aliphatic heterocycles. The number of nitrogen functional groups attached to an aromatic ring is 1. The van der Waals surface area contributed by atoms with Crippen LogP contribution in [0.15, 0.2) is 55.0 Å². The summed E-state index contributed by atoms with van der Waals surface area (Å²) in [5.41, 5.74) is 9.65. The molecular weight excluding hydrogens is 410 g/mol. The minimum Gasteiger partial charge on any atom is -0.493 e. The van der Waals surface area contributed by atoms with Crippen LogP contribution in [0, 0.1) is 6.92 Å². The van der Waals surface area contributed by atoms with Crippen molar-refractivity contribution >= 4 is 28.7 Å². The van der Waals surface area contributed by atoms with E-state index in [1.165, 1.54) is 5.56 Å². The molecule has 0 unspecified atom stereocenters. The third-order valence-corrected chi connectivity index (χ3v) is 5.08. The molecule has 0 radical (unpaired) electrons. The third-order valence-electron chi connectivity index (χ3n) is 4.83. The molecule has 0 aliphatic rings. The van der Waals surface area contributed by atoms with Crippen molar-refractivity contribution in [2.45, 2.75) is 26.3 Å². The molecule has 0 spiro atoms. The molecule has 0 saturated carbocycles. The first-order chi connectivity index (χ1) is 15.0. The van der Waals surface area contributed by atoms with Gasteiger partial charge in [0.15, 0.2) is 16.6 Å². The quantitative estimate of drug-likeness (QED) is 0.252. The molecular formula is C23H29N5O2S. The fourth-order valence-corrected chi connectivity index (χ4v) is 3.30. The van der Waals surface area contributed by atoms with Crippen LogP contribution >= 0.6 is 12.2 Å². The minimum atomic E-state index is 0.545. The average molecular weight is 440 g/mol. The highest BCUT2D eigenvalue weighted by atomic mass is 32.1. The number of nitrogens with two attached hydrogens (primary N) is 1. The van der Waals surface area contributed by atoms with Gasteiger partial charge in [-0.15, -0.1) is 0 Å². The maximum absolute atomic E-state index is 5.91. The number of methoxy groups -OCH3 is 1. The molecule has 3 aromatic rings. The van der Waals surface area contributed by atoms with Crippen molar-refractivity contribution in [2.24, 2.45) is 0 Å². The number of anilines is 2. The van der Waals surface area contributed by atoms with Crippen molar-refractivity contribution in [3.63, 3.8) is 0 Å². The Labute approximate surface area is 188 Å². The number of nitrogens with one attached hydrogen (secondary N) is 2. The molecule has 4 N–H and O–H groups in total. The van der Waals surface area contributed by atoms with Gasteiger partial charge in [0.25, 0.3) is 0 Å². The van der Waals surface area contributed by atoms with Crippen molar-refractivity contribution in [1.29, 1.82) is 0 Å². The lowest BCUT2D eigenvalue weighted by Crippen LogP contribution is -2.29. The van der Waals surface area contributed by atoms with Crippen molar-refractivity contribution in [3.05, 3.63) is 66.2 Å². The summed E-state index contributed by atoms with van der Waals surface area (Å²) >= 11 is 5.40. The summed E-state index contributed by atoms with van der Waals surface area (Å²) < 4.78 is 13.5. The fourth-order valence-electron chi connectivity index (χ4n) is 3.08. The predicted molar refractivity (Wildman–Crippen MR) is 129 cm³/mol. The number of imidazole rings is 1. The van der Waals surface area contributed by atoms with Gasteiger partial charge in [0.2, 0.25) is 0 Å². The highest BCUT2D eigenvalue weighted by molar-refractivity contribution is 7.80. The summed E-state index contributed by atoms with van der Waals surface area (Å²) in [5.74, 6) is 1.35. The molecule has 2 aromatic carbocycles. The Morgan fingerprint density at radius 1 is 1.16 bits per heavy atom. The van der Waals surface area contributed by atoms with Crippen LogP contribution in [-0.4, -0.2) is 34.9 Å². The average Bonchev–Trinajstić information content (AvgIpc) is 3.18. The topological polar surface area (TPSA) is 86.4 Å². The molecule has 31 heavy (non-hydrogen) atoms. The summed E-state index contributed by atoms with van der Waals surface area (Å²) in [6.07, 6.45) is 5.44. The highest BCUT2D eigenvalue weighted by Gasteiger charge is 2.07. The van der Waals surface area contributed by atoms with Crippen molar-refractivity contribution < 1.29 is 9.47 Å². The lowest BCUT2D eigenvalue weighted by Gasteiger charge is -2.14. The lowest BCUT2D eigenvalue weighted by molar-refractivity contribution is 0.298. The number of aryl methyl sites for hydroxylation is 2. The van der Waals surface area contributed by atoms with E-state index >= 15 is 0 Å². The van der Waals surface area contributed by atoms with Gasteiger partial charge >= 0.3 is 0 Å². The molecule has 8 heteroatoms. The number of hydrogen-bond acceptors (Lipinski definition) is 5. The Kier molecular flexibility index (Phi) is 8.12. The van der Waals surface area contributed by atoms with Crippen LogP contribution in [0.2, 0.25) is 0 Å². The maximum Gasteiger partial charge on any atom is 0.170 e. The normalized spacial score (nSPS) is 10.5. The number of rotatable bonds is 10. The Morgan fingerprint density at radius 2 is 1.97 bits per heavy atom. The summed E-state index contributed by atoms with van der Waals surface area (Å²) in [5, 5.41) is 6.99. The second kappa shape index (κ2) is 11.2. The van der Waals surface area contributed by atoms with Gasteiger partial charge in [-0.05, 0) is 55.4 Å². The summed E-state index contributed by atoms with van der Waals surface area (Å²) in [6, 6.07) is 13.5. The Morgan fingerprint density at radius 3 is 2.68 bits per heavy atom. The minimum absolute atomic E-state index is 0.545. The van der Waals surface area contributed by atoms with Crippen LogP contribution < -0.4 is 25.8 Å². The molecule has 164 valence electrons. The van der Waals surface area contributed by atoms with Crippen LogP contribution in [0.3, 0.4) is 0 Å². The molecule has 1 aromatic heterocycles. The maximum atomic E-state index is 5.91. The van der Waals surface area contributed by atoms with E-state index in [9.17, 15) is 0 Å². The Hall–Kier alpha value is -3.26. The molecule has 0 atom stereocenters. The van der Waals surface area contributed by atoms with Gasteiger partial charge in [0.05, 0.1) is 20.0 Å². The number of ether oxygens (including phenoxy) is 2. The first-order valence-electron chi connectivity index (χ1n) is 10.2. The van der Waals surface area contributed by atoms with Gasteiger partial charge in [0.1, 0.15) is 0 Å². The van der Waals surface area contributed by atoms with E-state index in [2.05, 4.69) is 20.2 Å². The van der Waals surface area contributed by atoms with Gasteiger partial charge in [-0.25, -0.2) is 4.98 Å². The molecule has 7 nitrogen and oxygen atoms in total. The lowest BCUT2D eigenvalue weighted by atomic mass is 10.1. The number of aromatic nitrogens is 2.